The molecule has 0 aromatic carbocycles. The zero-order valence-electron chi connectivity index (χ0n) is 9.95. The zero-order chi connectivity index (χ0) is 12.7. The molecule has 0 bridgehead atoms. The lowest BCUT2D eigenvalue weighted by molar-refractivity contribution is -0.137. The van der Waals surface area contributed by atoms with Crippen LogP contribution in [0.2, 0.25) is 0 Å². The molecule has 0 aliphatic carbocycles. The summed E-state index contributed by atoms with van der Waals surface area (Å²) in [6.45, 7) is 5.13. The number of aliphatic carboxylic acids is 1. The van der Waals surface area contributed by atoms with Gasteiger partial charge in [-0.25, -0.2) is 0 Å². The van der Waals surface area contributed by atoms with Crippen molar-refractivity contribution >= 4 is 17.7 Å². The third-order valence-electron chi connectivity index (χ3n) is 2.22. The summed E-state index contributed by atoms with van der Waals surface area (Å²) in [5.74, 6) is -1.22. The third-order valence-corrected chi connectivity index (χ3v) is 2.22. The number of hydrogen-bond acceptors (Lipinski definition) is 3. The normalized spacial score (nSPS) is 12.2. The minimum atomic E-state index is -0.917. The second-order valence-electron chi connectivity index (χ2n) is 4.15. The Kier molecular flexibility index (Phi) is 6.37. The van der Waals surface area contributed by atoms with Crippen molar-refractivity contribution in [2.24, 2.45) is 5.92 Å². The van der Waals surface area contributed by atoms with Gasteiger partial charge in [0.25, 0.3) is 0 Å². The Hall–Kier alpha value is -1.39. The molecular weight excluding hydrogens is 210 g/mol. The Morgan fingerprint density at radius 3 is 2.12 bits per heavy atom. The maximum Gasteiger partial charge on any atom is 0.303 e. The first-order valence-corrected chi connectivity index (χ1v) is 5.36. The summed E-state index contributed by atoms with van der Waals surface area (Å²) in [4.78, 5) is 32.8. The lowest BCUT2D eigenvalue weighted by Gasteiger charge is -2.19. The van der Waals surface area contributed by atoms with Crippen molar-refractivity contribution < 1.29 is 19.5 Å². The Bertz CT molecular complexity index is 273. The molecule has 0 aromatic rings. The number of rotatable bonds is 7. The van der Waals surface area contributed by atoms with Crippen molar-refractivity contribution in [2.45, 2.75) is 46.1 Å². The van der Waals surface area contributed by atoms with Crippen LogP contribution in [0.5, 0.6) is 0 Å². The van der Waals surface area contributed by atoms with Gasteiger partial charge in [0.1, 0.15) is 0 Å². The molecule has 92 valence electrons. The number of carbonyl (C=O) groups excluding carboxylic acids is 2. The quantitative estimate of drug-likeness (QED) is 0.681. The number of amides is 1. The van der Waals surface area contributed by atoms with Crippen molar-refractivity contribution in [3.8, 4) is 0 Å². The van der Waals surface area contributed by atoms with E-state index >= 15 is 0 Å². The number of carboxylic acid groups (broad SMARTS) is 1. The van der Waals surface area contributed by atoms with Crippen LogP contribution in [0.25, 0.3) is 0 Å². The second-order valence-corrected chi connectivity index (χ2v) is 4.15. The lowest BCUT2D eigenvalue weighted by Crippen LogP contribution is -2.43. The Morgan fingerprint density at radius 2 is 1.75 bits per heavy atom. The molecule has 2 N–H and O–H groups in total. The predicted octanol–water partition coefficient (Wildman–Crippen LogP) is 0.971. The molecular formula is C11H19NO4. The van der Waals surface area contributed by atoms with Crippen LogP contribution in [0.3, 0.4) is 0 Å². The van der Waals surface area contributed by atoms with Crippen LogP contribution in [-0.4, -0.2) is 28.8 Å². The minimum Gasteiger partial charge on any atom is -0.481 e. The Balaban J connectivity index is 4.01. The van der Waals surface area contributed by atoms with Gasteiger partial charge in [0.05, 0.1) is 6.04 Å². The first-order valence-electron chi connectivity index (χ1n) is 5.36. The van der Waals surface area contributed by atoms with Crippen molar-refractivity contribution in [3.63, 3.8) is 0 Å². The number of hydrogen-bond donors (Lipinski definition) is 2. The fraction of sp³-hybridized carbons (Fsp3) is 0.727. The predicted molar refractivity (Wildman–Crippen MR) is 58.9 cm³/mol. The molecule has 0 aromatic heterocycles. The lowest BCUT2D eigenvalue weighted by atomic mass is 10.0. The number of ketones is 1. The third kappa shape index (κ3) is 6.16. The molecule has 0 rings (SSSR count). The summed E-state index contributed by atoms with van der Waals surface area (Å²) in [5, 5.41) is 11.0. The molecule has 5 nitrogen and oxygen atoms in total. The largest absolute Gasteiger partial charge is 0.481 e. The first-order chi connectivity index (χ1) is 7.34. The zero-order valence-corrected chi connectivity index (χ0v) is 9.95. The van der Waals surface area contributed by atoms with Crippen LogP contribution in [0, 0.1) is 5.92 Å². The molecule has 0 spiro atoms. The Labute approximate surface area is 95.2 Å². The smallest absolute Gasteiger partial charge is 0.303 e. The first kappa shape index (κ1) is 14.6. The van der Waals surface area contributed by atoms with E-state index in [0.717, 1.165) is 0 Å². The fourth-order valence-electron chi connectivity index (χ4n) is 1.38. The van der Waals surface area contributed by atoms with Gasteiger partial charge in [0.2, 0.25) is 5.91 Å². The Morgan fingerprint density at radius 1 is 1.19 bits per heavy atom. The number of carbonyl (C=O) groups is 3. The van der Waals surface area contributed by atoms with E-state index in [1.807, 2.05) is 13.8 Å². The van der Waals surface area contributed by atoms with Crippen LogP contribution >= 0.6 is 0 Å². The van der Waals surface area contributed by atoms with E-state index in [2.05, 4.69) is 5.32 Å². The van der Waals surface area contributed by atoms with Gasteiger partial charge in [-0.3, -0.25) is 14.4 Å². The molecule has 0 radical (unpaired) electrons. The van der Waals surface area contributed by atoms with Crippen LogP contribution < -0.4 is 5.32 Å². The van der Waals surface area contributed by atoms with Gasteiger partial charge in [-0.2, -0.15) is 0 Å². The van der Waals surface area contributed by atoms with Crippen LogP contribution in [0.4, 0.5) is 0 Å². The maximum absolute atomic E-state index is 11.4. The van der Waals surface area contributed by atoms with Gasteiger partial charge >= 0.3 is 5.97 Å². The van der Waals surface area contributed by atoms with Gasteiger partial charge in [-0.15, -0.1) is 0 Å². The van der Waals surface area contributed by atoms with E-state index in [1.165, 1.54) is 6.92 Å². The van der Waals surface area contributed by atoms with Crippen molar-refractivity contribution in [3.05, 3.63) is 0 Å². The van der Waals surface area contributed by atoms with Crippen molar-refractivity contribution in [1.82, 2.24) is 5.32 Å². The molecule has 1 atom stereocenters. The molecule has 1 amide bonds. The van der Waals surface area contributed by atoms with Gasteiger partial charge in [0, 0.05) is 12.8 Å². The molecule has 16 heavy (non-hydrogen) atoms. The van der Waals surface area contributed by atoms with Gasteiger partial charge in [-0.05, 0) is 19.3 Å². The number of carboxylic acids is 1. The molecule has 1 unspecified atom stereocenters. The molecule has 0 heterocycles. The van der Waals surface area contributed by atoms with Crippen LogP contribution in [-0.2, 0) is 14.4 Å². The molecule has 0 fully saturated rings. The molecule has 0 aliphatic heterocycles. The highest BCUT2D eigenvalue weighted by atomic mass is 16.4. The minimum absolute atomic E-state index is 0.0279. The van der Waals surface area contributed by atoms with Crippen molar-refractivity contribution in [1.29, 1.82) is 0 Å². The van der Waals surface area contributed by atoms with Crippen molar-refractivity contribution in [2.75, 3.05) is 0 Å². The van der Waals surface area contributed by atoms with E-state index < -0.39 is 12.0 Å². The average molecular weight is 229 g/mol. The average Bonchev–Trinajstić information content (AvgIpc) is 2.12. The standard InChI is InChI=1S/C11H19NO4/c1-7(2)11(8(3)13)12-9(14)5-4-6-10(15)16/h7,11H,4-6H2,1-3H3,(H,12,14)(H,15,16). The highest BCUT2D eigenvalue weighted by Gasteiger charge is 2.20. The van der Waals surface area contributed by atoms with E-state index in [4.69, 9.17) is 5.11 Å². The highest BCUT2D eigenvalue weighted by molar-refractivity contribution is 5.87. The van der Waals surface area contributed by atoms with Gasteiger partial charge < -0.3 is 10.4 Å². The van der Waals surface area contributed by atoms with E-state index in [1.54, 1.807) is 0 Å². The topological polar surface area (TPSA) is 83.5 Å². The summed E-state index contributed by atoms with van der Waals surface area (Å²) in [6.07, 6.45) is 0.409. The summed E-state index contributed by atoms with van der Waals surface area (Å²) in [5.41, 5.74) is 0. The molecule has 0 saturated carbocycles. The summed E-state index contributed by atoms with van der Waals surface area (Å²) >= 11 is 0. The SMILES string of the molecule is CC(=O)C(NC(=O)CCCC(=O)O)C(C)C. The second kappa shape index (κ2) is 6.98. The van der Waals surface area contributed by atoms with E-state index in [9.17, 15) is 14.4 Å². The van der Waals surface area contributed by atoms with Crippen LogP contribution in [0.1, 0.15) is 40.0 Å². The maximum atomic E-state index is 11.4. The summed E-state index contributed by atoms with van der Waals surface area (Å²) < 4.78 is 0. The number of nitrogens with one attached hydrogen (secondary N) is 1. The fourth-order valence-corrected chi connectivity index (χ4v) is 1.38. The van der Waals surface area contributed by atoms with E-state index in [0.29, 0.717) is 6.42 Å². The molecule has 5 heteroatoms. The summed E-state index contributed by atoms with van der Waals surface area (Å²) in [7, 11) is 0. The molecule has 0 saturated heterocycles. The number of Topliss-reactive ketones (excluding diaryl/α,β-unsaturated/α-hetero) is 1. The van der Waals surface area contributed by atoms with Crippen LogP contribution in [0.15, 0.2) is 0 Å². The molecule has 0 aliphatic rings. The monoisotopic (exact) mass is 229 g/mol. The summed E-state index contributed by atoms with van der Waals surface area (Å²) in [6, 6.07) is -0.475. The van der Waals surface area contributed by atoms with Gasteiger partial charge in [0.15, 0.2) is 5.78 Å². The van der Waals surface area contributed by atoms with E-state index in [-0.39, 0.29) is 30.4 Å². The van der Waals surface area contributed by atoms with Gasteiger partial charge in [-0.1, -0.05) is 13.8 Å². The highest BCUT2D eigenvalue weighted by Crippen LogP contribution is 2.04.